The highest BCUT2D eigenvalue weighted by molar-refractivity contribution is 6.02. The van der Waals surface area contributed by atoms with Crippen molar-refractivity contribution in [3.63, 3.8) is 0 Å². The van der Waals surface area contributed by atoms with E-state index >= 15 is 0 Å². The zero-order chi connectivity index (χ0) is 24.7. The van der Waals surface area contributed by atoms with E-state index in [-0.39, 0.29) is 11.3 Å². The van der Waals surface area contributed by atoms with Gasteiger partial charge in [-0.15, -0.1) is 0 Å². The molecule has 0 spiro atoms. The van der Waals surface area contributed by atoms with Crippen LogP contribution in [0, 0.1) is 0 Å². The average molecular weight is 483 g/mol. The SMILES string of the molecule is CC1=C(C)C(c2ccccc2C(F)(F)F)Nn2c(NC(=O)c3cccc(N4CCCC4)n3)cnc21. The van der Waals surface area contributed by atoms with Crippen LogP contribution in [0.25, 0.3) is 5.57 Å². The van der Waals surface area contributed by atoms with Gasteiger partial charge in [0.25, 0.3) is 5.91 Å². The molecule has 5 rings (SSSR count). The third kappa shape index (κ3) is 4.24. The lowest BCUT2D eigenvalue weighted by Gasteiger charge is -2.31. The zero-order valence-electron chi connectivity index (χ0n) is 19.4. The maximum atomic E-state index is 13.7. The first-order valence-corrected chi connectivity index (χ1v) is 11.5. The second-order valence-electron chi connectivity index (χ2n) is 8.79. The molecule has 1 atom stereocenters. The van der Waals surface area contributed by atoms with Crippen LogP contribution in [0.2, 0.25) is 0 Å². The van der Waals surface area contributed by atoms with Crippen molar-refractivity contribution in [2.24, 2.45) is 0 Å². The number of nitrogens with one attached hydrogen (secondary N) is 2. The lowest BCUT2D eigenvalue weighted by atomic mass is 9.91. The minimum Gasteiger partial charge on any atom is -0.357 e. The van der Waals surface area contributed by atoms with Gasteiger partial charge in [-0.25, -0.2) is 14.6 Å². The van der Waals surface area contributed by atoms with Crippen molar-refractivity contribution >= 4 is 23.1 Å². The number of benzene rings is 1. The molecule has 2 N–H and O–H groups in total. The normalized spacial score (nSPS) is 17.9. The molecule has 1 saturated heterocycles. The fourth-order valence-corrected chi connectivity index (χ4v) is 4.62. The molecule has 1 amide bonds. The molecule has 1 fully saturated rings. The molecule has 4 heterocycles. The van der Waals surface area contributed by atoms with Crippen LogP contribution in [0.1, 0.15) is 60.2 Å². The fraction of sp³-hybridized carbons (Fsp3) is 0.320. The molecule has 1 aromatic carbocycles. The number of aromatic nitrogens is 3. The first-order chi connectivity index (χ1) is 16.7. The lowest BCUT2D eigenvalue weighted by Crippen LogP contribution is -2.31. The van der Waals surface area contributed by atoms with Gasteiger partial charge in [-0.3, -0.25) is 4.79 Å². The van der Waals surface area contributed by atoms with E-state index in [0.29, 0.717) is 11.6 Å². The van der Waals surface area contributed by atoms with E-state index in [9.17, 15) is 18.0 Å². The topological polar surface area (TPSA) is 75.1 Å². The summed E-state index contributed by atoms with van der Waals surface area (Å²) in [6.45, 7) is 5.41. The number of halogens is 3. The number of rotatable bonds is 4. The maximum absolute atomic E-state index is 13.7. The monoisotopic (exact) mass is 482 g/mol. The number of carbonyl (C=O) groups is 1. The molecule has 2 aliphatic heterocycles. The van der Waals surface area contributed by atoms with E-state index < -0.39 is 23.7 Å². The van der Waals surface area contributed by atoms with E-state index in [0.717, 1.165) is 49.0 Å². The van der Waals surface area contributed by atoms with Gasteiger partial charge < -0.3 is 15.6 Å². The molecular formula is C25H25F3N6O. The predicted octanol–water partition coefficient (Wildman–Crippen LogP) is 5.24. The lowest BCUT2D eigenvalue weighted by molar-refractivity contribution is -0.138. The van der Waals surface area contributed by atoms with Gasteiger partial charge in [0.1, 0.15) is 11.5 Å². The third-order valence-corrected chi connectivity index (χ3v) is 6.60. The van der Waals surface area contributed by atoms with Crippen LogP contribution in [-0.2, 0) is 6.18 Å². The van der Waals surface area contributed by atoms with Crippen LogP contribution >= 0.6 is 0 Å². The highest BCUT2D eigenvalue weighted by atomic mass is 19.4. The first kappa shape index (κ1) is 22.9. The van der Waals surface area contributed by atoms with Crippen molar-refractivity contribution < 1.29 is 18.0 Å². The predicted molar refractivity (Wildman–Crippen MR) is 128 cm³/mol. The van der Waals surface area contributed by atoms with Crippen LogP contribution in [0.15, 0.2) is 54.2 Å². The highest BCUT2D eigenvalue weighted by Gasteiger charge is 2.37. The third-order valence-electron chi connectivity index (χ3n) is 6.60. The number of allylic oxidation sites excluding steroid dienone is 1. The molecular weight excluding hydrogens is 457 g/mol. The number of hydrogen-bond donors (Lipinski definition) is 2. The van der Waals surface area contributed by atoms with E-state index in [1.807, 2.05) is 13.0 Å². The molecule has 2 aromatic heterocycles. The van der Waals surface area contributed by atoms with Crippen LogP contribution in [0.5, 0.6) is 0 Å². The summed E-state index contributed by atoms with van der Waals surface area (Å²) in [4.78, 5) is 24.1. The summed E-state index contributed by atoms with van der Waals surface area (Å²) in [5.74, 6) is 1.17. The molecule has 0 saturated carbocycles. The van der Waals surface area contributed by atoms with Crippen molar-refractivity contribution in [3.8, 4) is 0 Å². The Kier molecular flexibility index (Phi) is 5.74. The van der Waals surface area contributed by atoms with Crippen molar-refractivity contribution in [2.45, 2.75) is 38.9 Å². The number of nitrogens with zero attached hydrogens (tertiary/aromatic N) is 4. The highest BCUT2D eigenvalue weighted by Crippen LogP contribution is 2.40. The number of alkyl halides is 3. The van der Waals surface area contributed by atoms with Gasteiger partial charge in [0.2, 0.25) is 0 Å². The number of imidazole rings is 1. The summed E-state index contributed by atoms with van der Waals surface area (Å²) in [7, 11) is 0. The Morgan fingerprint density at radius 1 is 1.09 bits per heavy atom. The number of fused-ring (bicyclic) bond motifs is 1. The summed E-state index contributed by atoms with van der Waals surface area (Å²) in [6, 6.07) is 10.0. The molecule has 35 heavy (non-hydrogen) atoms. The standard InChI is InChI=1S/C25H25F3N6O/c1-15-16(2)23-29-14-21(31-24(35)19-10-7-11-20(30-19)33-12-5-6-13-33)34(23)32-22(15)17-8-3-4-9-18(17)25(26,27)28/h3-4,7-11,14,22,32H,5-6,12-13H2,1-2H3,(H,31,35). The average Bonchev–Trinajstić information content (AvgIpc) is 3.52. The summed E-state index contributed by atoms with van der Waals surface area (Å²) >= 11 is 0. The smallest absolute Gasteiger partial charge is 0.357 e. The summed E-state index contributed by atoms with van der Waals surface area (Å²) in [5, 5.41) is 2.81. The Morgan fingerprint density at radius 3 is 2.57 bits per heavy atom. The van der Waals surface area contributed by atoms with Crippen molar-refractivity contribution in [2.75, 3.05) is 28.7 Å². The number of pyridine rings is 1. The second kappa shape index (κ2) is 8.75. The largest absolute Gasteiger partial charge is 0.416 e. The Bertz CT molecular complexity index is 1310. The zero-order valence-corrected chi connectivity index (χ0v) is 19.4. The van der Waals surface area contributed by atoms with Crippen LogP contribution in [0.3, 0.4) is 0 Å². The van der Waals surface area contributed by atoms with E-state index in [1.165, 1.54) is 23.0 Å². The number of anilines is 2. The van der Waals surface area contributed by atoms with Gasteiger partial charge in [0, 0.05) is 13.1 Å². The van der Waals surface area contributed by atoms with Crippen molar-refractivity contribution in [1.29, 1.82) is 0 Å². The number of hydrogen-bond acceptors (Lipinski definition) is 5. The molecule has 182 valence electrons. The van der Waals surface area contributed by atoms with E-state index in [4.69, 9.17) is 0 Å². The minimum atomic E-state index is -4.50. The molecule has 2 aliphatic rings. The van der Waals surface area contributed by atoms with Gasteiger partial charge in [0.05, 0.1) is 17.8 Å². The summed E-state index contributed by atoms with van der Waals surface area (Å²) in [6.07, 6.45) is -0.822. The Labute approximate surface area is 200 Å². The molecule has 0 radical (unpaired) electrons. The van der Waals surface area contributed by atoms with Gasteiger partial charge in [0.15, 0.2) is 11.6 Å². The fourth-order valence-electron chi connectivity index (χ4n) is 4.62. The van der Waals surface area contributed by atoms with Gasteiger partial charge in [-0.2, -0.15) is 13.2 Å². The van der Waals surface area contributed by atoms with Crippen LogP contribution in [0.4, 0.5) is 24.8 Å². The Hall–Kier alpha value is -3.82. The summed E-state index contributed by atoms with van der Waals surface area (Å²) < 4.78 is 42.7. The van der Waals surface area contributed by atoms with E-state index in [1.54, 1.807) is 25.1 Å². The Morgan fingerprint density at radius 2 is 1.83 bits per heavy atom. The second-order valence-corrected chi connectivity index (χ2v) is 8.79. The number of carbonyl (C=O) groups excluding carboxylic acids is 1. The van der Waals surface area contributed by atoms with Crippen molar-refractivity contribution in [3.05, 3.63) is 76.9 Å². The molecule has 0 bridgehead atoms. The van der Waals surface area contributed by atoms with Crippen LogP contribution in [-0.4, -0.2) is 33.6 Å². The van der Waals surface area contributed by atoms with Crippen LogP contribution < -0.4 is 15.6 Å². The van der Waals surface area contributed by atoms with E-state index in [2.05, 4.69) is 25.6 Å². The molecule has 7 nitrogen and oxygen atoms in total. The maximum Gasteiger partial charge on any atom is 0.416 e. The quantitative estimate of drug-likeness (QED) is 0.532. The molecule has 1 unspecified atom stereocenters. The molecule has 0 aliphatic carbocycles. The Balaban J connectivity index is 1.44. The van der Waals surface area contributed by atoms with Gasteiger partial charge in [-0.1, -0.05) is 24.3 Å². The summed E-state index contributed by atoms with van der Waals surface area (Å²) in [5.41, 5.74) is 4.23. The number of amides is 1. The molecule has 3 aromatic rings. The first-order valence-electron chi connectivity index (χ1n) is 11.5. The van der Waals surface area contributed by atoms with Crippen molar-refractivity contribution in [1.82, 2.24) is 14.6 Å². The van der Waals surface area contributed by atoms with Gasteiger partial charge >= 0.3 is 6.18 Å². The molecule has 10 heteroatoms. The minimum absolute atomic E-state index is 0.105. The van der Waals surface area contributed by atoms with Gasteiger partial charge in [-0.05, 0) is 61.6 Å².